The lowest BCUT2D eigenvalue weighted by atomic mass is 9.83. The van der Waals surface area contributed by atoms with Crippen molar-refractivity contribution in [1.82, 2.24) is 0 Å². The maximum atomic E-state index is 2.44. The first-order chi connectivity index (χ1) is 27.7. The molecule has 11 aromatic carbocycles. The number of fused-ring (bicyclic) bond motifs is 5. The molecule has 0 saturated carbocycles. The molecule has 56 heavy (non-hydrogen) atoms. The Kier molecular flexibility index (Phi) is 7.60. The lowest BCUT2D eigenvalue weighted by Gasteiger charge is -2.20. The van der Waals surface area contributed by atoms with E-state index in [9.17, 15) is 0 Å². The van der Waals surface area contributed by atoms with Crippen LogP contribution in [0.25, 0.3) is 109 Å². The van der Waals surface area contributed by atoms with E-state index in [0.717, 1.165) is 0 Å². The number of rotatable bonds is 5. The first-order valence-electron chi connectivity index (χ1n) is 19.4. The summed E-state index contributed by atoms with van der Waals surface area (Å²) in [5, 5.41) is 12.5. The molecule has 11 rings (SSSR count). The van der Waals surface area contributed by atoms with E-state index in [1.54, 1.807) is 0 Å². The molecule has 0 spiro atoms. The van der Waals surface area contributed by atoms with E-state index in [1.807, 2.05) is 0 Å². The molecule has 260 valence electrons. The first kappa shape index (κ1) is 32.2. The molecule has 0 heteroatoms. The van der Waals surface area contributed by atoms with Gasteiger partial charge in [0.1, 0.15) is 0 Å². The molecule has 0 bridgehead atoms. The summed E-state index contributed by atoms with van der Waals surface area (Å²) >= 11 is 0. The van der Waals surface area contributed by atoms with Crippen LogP contribution >= 0.6 is 0 Å². The van der Waals surface area contributed by atoms with Crippen LogP contribution in [0.15, 0.2) is 218 Å². The van der Waals surface area contributed by atoms with Gasteiger partial charge in [0.25, 0.3) is 0 Å². The normalized spacial score (nSPS) is 11.6. The summed E-state index contributed by atoms with van der Waals surface area (Å²) < 4.78 is 0. The molecule has 0 saturated heterocycles. The quantitative estimate of drug-likeness (QED) is 0.156. The molecule has 0 atom stereocenters. The van der Waals surface area contributed by atoms with E-state index in [0.29, 0.717) is 0 Å². The van der Waals surface area contributed by atoms with Crippen molar-refractivity contribution in [1.29, 1.82) is 0 Å². The van der Waals surface area contributed by atoms with Gasteiger partial charge in [0.05, 0.1) is 0 Å². The molecular formula is C56H36. The molecule has 0 radical (unpaired) electrons. The van der Waals surface area contributed by atoms with Gasteiger partial charge in [0, 0.05) is 0 Å². The molecule has 0 aromatic heterocycles. The largest absolute Gasteiger partial charge is 0.0622 e. The molecule has 0 aliphatic carbocycles. The van der Waals surface area contributed by atoms with Crippen molar-refractivity contribution in [3.05, 3.63) is 218 Å². The third-order valence-corrected chi connectivity index (χ3v) is 11.6. The third-order valence-electron chi connectivity index (χ3n) is 11.6. The number of hydrogen-bond acceptors (Lipinski definition) is 0. The number of hydrogen-bond donors (Lipinski definition) is 0. The summed E-state index contributed by atoms with van der Waals surface area (Å²) in [6.45, 7) is 0. The fourth-order valence-corrected chi connectivity index (χ4v) is 8.78. The van der Waals surface area contributed by atoms with Gasteiger partial charge in [-0.1, -0.05) is 182 Å². The van der Waals surface area contributed by atoms with E-state index in [1.165, 1.54) is 109 Å². The second-order valence-electron chi connectivity index (χ2n) is 14.9. The van der Waals surface area contributed by atoms with E-state index in [4.69, 9.17) is 0 Å². The van der Waals surface area contributed by atoms with Gasteiger partial charge in [-0.05, 0) is 146 Å². The number of benzene rings is 11. The third kappa shape index (κ3) is 5.54. The Morgan fingerprint density at radius 1 is 0.161 bits per heavy atom. The van der Waals surface area contributed by atoms with Gasteiger partial charge in [-0.25, -0.2) is 0 Å². The van der Waals surface area contributed by atoms with Crippen LogP contribution in [0.5, 0.6) is 0 Å². The van der Waals surface area contributed by atoms with Crippen molar-refractivity contribution < 1.29 is 0 Å². The van der Waals surface area contributed by atoms with Gasteiger partial charge < -0.3 is 0 Å². The zero-order valence-electron chi connectivity index (χ0n) is 30.8. The second-order valence-corrected chi connectivity index (χ2v) is 14.9. The van der Waals surface area contributed by atoms with Gasteiger partial charge >= 0.3 is 0 Å². The van der Waals surface area contributed by atoms with Crippen LogP contribution < -0.4 is 0 Å². The van der Waals surface area contributed by atoms with Crippen molar-refractivity contribution in [2.24, 2.45) is 0 Å². The van der Waals surface area contributed by atoms with Crippen LogP contribution in [-0.4, -0.2) is 0 Å². The lowest BCUT2D eigenvalue weighted by molar-refractivity contribution is 1.61. The zero-order chi connectivity index (χ0) is 37.0. The minimum Gasteiger partial charge on any atom is -0.0622 e. The van der Waals surface area contributed by atoms with Gasteiger partial charge in [-0.2, -0.15) is 0 Å². The summed E-state index contributed by atoms with van der Waals surface area (Å²) in [6, 6.07) is 80.6. The molecule has 0 N–H and O–H groups in total. The lowest BCUT2D eigenvalue weighted by Crippen LogP contribution is -1.93. The maximum Gasteiger partial charge on any atom is -0.00257 e. The molecule has 0 nitrogen and oxygen atoms in total. The molecule has 11 aromatic rings. The summed E-state index contributed by atoms with van der Waals surface area (Å²) in [6.07, 6.45) is 0. The highest BCUT2D eigenvalue weighted by molar-refractivity contribution is 6.23. The Balaban J connectivity index is 1.23. The van der Waals surface area contributed by atoms with Crippen molar-refractivity contribution in [3.63, 3.8) is 0 Å². The van der Waals surface area contributed by atoms with Crippen LogP contribution in [0, 0.1) is 0 Å². The monoisotopic (exact) mass is 708 g/mol. The summed E-state index contributed by atoms with van der Waals surface area (Å²) in [5.41, 5.74) is 12.2. The highest BCUT2D eigenvalue weighted by Crippen LogP contribution is 2.47. The molecule has 0 aliphatic heterocycles. The van der Waals surface area contributed by atoms with Crippen LogP contribution in [0.3, 0.4) is 0 Å². The molecule has 0 unspecified atom stereocenters. The van der Waals surface area contributed by atoms with Gasteiger partial charge in [0.2, 0.25) is 0 Å². The smallest absolute Gasteiger partial charge is 0.00257 e. The van der Waals surface area contributed by atoms with Gasteiger partial charge in [-0.15, -0.1) is 0 Å². The highest BCUT2D eigenvalue weighted by atomic mass is 14.2. The Labute approximate surface area is 326 Å². The van der Waals surface area contributed by atoms with Gasteiger partial charge in [0.15, 0.2) is 0 Å². The Morgan fingerprint density at radius 2 is 0.500 bits per heavy atom. The topological polar surface area (TPSA) is 0 Å². The summed E-state index contributed by atoms with van der Waals surface area (Å²) in [7, 11) is 0. The Bertz CT molecular complexity index is 3300. The van der Waals surface area contributed by atoms with Crippen LogP contribution in [0.4, 0.5) is 0 Å². The molecule has 0 aliphatic rings. The molecule has 0 heterocycles. The van der Waals surface area contributed by atoms with Crippen LogP contribution in [0.2, 0.25) is 0 Å². The van der Waals surface area contributed by atoms with Crippen LogP contribution in [0.1, 0.15) is 0 Å². The molecule has 0 fully saturated rings. The first-order valence-corrected chi connectivity index (χ1v) is 19.4. The van der Waals surface area contributed by atoms with Gasteiger partial charge in [-0.3, -0.25) is 0 Å². The highest BCUT2D eigenvalue weighted by Gasteiger charge is 2.19. The minimum atomic E-state index is 1.21. The summed E-state index contributed by atoms with van der Waals surface area (Å²) in [5.74, 6) is 0. The van der Waals surface area contributed by atoms with E-state index in [-0.39, 0.29) is 0 Å². The fourth-order valence-electron chi connectivity index (χ4n) is 8.78. The standard InChI is InChI=1S/C56H36/c1-2-11-37(12-3-1)47-27-29-51-53(35-47)56(50-26-23-40-15-6-9-18-43(40)33-50)54-36-48(46-25-22-39-14-5-8-17-42(39)32-46)28-30-52(54)55(51)49-20-10-19-44(34-49)45-24-21-38-13-4-7-16-41(38)31-45/h1-36H. The van der Waals surface area contributed by atoms with Crippen molar-refractivity contribution in [2.75, 3.05) is 0 Å². The van der Waals surface area contributed by atoms with Crippen molar-refractivity contribution >= 4 is 53.9 Å². The minimum absolute atomic E-state index is 1.21. The molecular weight excluding hydrogens is 673 g/mol. The SMILES string of the molecule is c1ccc(-c2ccc3c(-c4cccc(-c5ccc6ccccc6c5)c4)c4ccc(-c5ccc6ccccc6c5)cc4c(-c4ccc5ccccc5c4)c3c2)cc1. The predicted octanol–water partition coefficient (Wildman–Crippen LogP) is 15.8. The Hall–Kier alpha value is -7.28. The summed E-state index contributed by atoms with van der Waals surface area (Å²) in [4.78, 5) is 0. The second kappa shape index (κ2) is 13.2. The van der Waals surface area contributed by atoms with Crippen LogP contribution in [-0.2, 0) is 0 Å². The van der Waals surface area contributed by atoms with Crippen molar-refractivity contribution in [2.45, 2.75) is 0 Å². The average molecular weight is 709 g/mol. The van der Waals surface area contributed by atoms with Crippen molar-refractivity contribution in [3.8, 4) is 55.6 Å². The van der Waals surface area contributed by atoms with E-state index in [2.05, 4.69) is 218 Å². The average Bonchev–Trinajstić information content (AvgIpc) is 3.27. The fraction of sp³-hybridized carbons (Fsp3) is 0. The maximum absolute atomic E-state index is 2.44. The molecule has 0 amide bonds. The van der Waals surface area contributed by atoms with E-state index >= 15 is 0 Å². The predicted molar refractivity (Wildman–Crippen MR) is 241 cm³/mol. The van der Waals surface area contributed by atoms with E-state index < -0.39 is 0 Å². The Morgan fingerprint density at radius 3 is 1.05 bits per heavy atom. The zero-order valence-corrected chi connectivity index (χ0v) is 30.8.